The summed E-state index contributed by atoms with van der Waals surface area (Å²) in [6.45, 7) is 2.06. The summed E-state index contributed by atoms with van der Waals surface area (Å²) in [5.41, 5.74) is 2.46. The topological polar surface area (TPSA) is 38.3 Å². The van der Waals surface area contributed by atoms with Gasteiger partial charge in [0.05, 0.1) is 7.11 Å². The molecular formula is C20H25NO2. The lowest BCUT2D eigenvalue weighted by atomic mass is 10.1. The molecule has 1 amide bonds. The van der Waals surface area contributed by atoms with Crippen molar-refractivity contribution in [2.75, 3.05) is 7.11 Å². The third kappa shape index (κ3) is 6.15. The molecule has 2 rings (SSSR count). The van der Waals surface area contributed by atoms with Crippen molar-refractivity contribution in [1.82, 2.24) is 5.32 Å². The summed E-state index contributed by atoms with van der Waals surface area (Å²) in [7, 11) is 1.65. The summed E-state index contributed by atoms with van der Waals surface area (Å²) < 4.78 is 5.13. The fraction of sp³-hybridized carbons (Fsp3) is 0.350. The molecule has 122 valence electrons. The van der Waals surface area contributed by atoms with Crippen LogP contribution in [0.15, 0.2) is 54.6 Å². The van der Waals surface area contributed by atoms with Gasteiger partial charge in [-0.1, -0.05) is 42.5 Å². The van der Waals surface area contributed by atoms with Gasteiger partial charge in [-0.05, 0) is 49.4 Å². The van der Waals surface area contributed by atoms with Crippen molar-refractivity contribution in [1.29, 1.82) is 0 Å². The predicted octanol–water partition coefficient (Wildman–Crippen LogP) is 3.77. The van der Waals surface area contributed by atoms with Crippen LogP contribution in [0.2, 0.25) is 0 Å². The summed E-state index contributed by atoms with van der Waals surface area (Å²) in [6.07, 6.45) is 3.21. The zero-order valence-electron chi connectivity index (χ0n) is 13.9. The van der Waals surface area contributed by atoms with Crippen LogP contribution >= 0.6 is 0 Å². The fourth-order valence-corrected chi connectivity index (χ4v) is 2.50. The molecule has 1 unspecified atom stereocenters. The monoisotopic (exact) mass is 311 g/mol. The summed E-state index contributed by atoms with van der Waals surface area (Å²) in [5, 5.41) is 3.08. The van der Waals surface area contributed by atoms with E-state index in [9.17, 15) is 4.79 Å². The summed E-state index contributed by atoms with van der Waals surface area (Å²) in [6, 6.07) is 18.4. The molecule has 1 atom stereocenters. The third-order valence-electron chi connectivity index (χ3n) is 3.92. The number of nitrogens with one attached hydrogen (secondary N) is 1. The Hall–Kier alpha value is -2.29. The molecular weight excluding hydrogens is 286 g/mol. The van der Waals surface area contributed by atoms with Gasteiger partial charge in [-0.15, -0.1) is 0 Å². The van der Waals surface area contributed by atoms with E-state index in [1.54, 1.807) is 7.11 Å². The molecule has 0 bridgehead atoms. The first-order chi connectivity index (χ1) is 11.2. The lowest BCUT2D eigenvalue weighted by Crippen LogP contribution is -2.33. The van der Waals surface area contributed by atoms with E-state index in [-0.39, 0.29) is 11.9 Å². The number of carbonyl (C=O) groups is 1. The molecule has 0 fully saturated rings. The summed E-state index contributed by atoms with van der Waals surface area (Å²) in [5.74, 6) is 0.953. The van der Waals surface area contributed by atoms with E-state index in [2.05, 4.69) is 24.4 Å². The van der Waals surface area contributed by atoms with E-state index < -0.39 is 0 Å². The number of carbonyl (C=O) groups excluding carboxylic acids is 1. The maximum atomic E-state index is 12.0. The molecule has 0 aliphatic rings. The second kappa shape index (κ2) is 8.99. The second-order valence-electron chi connectivity index (χ2n) is 5.84. The van der Waals surface area contributed by atoms with Crippen LogP contribution in [0, 0.1) is 0 Å². The molecule has 0 heterocycles. The van der Waals surface area contributed by atoms with Crippen LogP contribution in [0.25, 0.3) is 0 Å². The first-order valence-electron chi connectivity index (χ1n) is 8.13. The van der Waals surface area contributed by atoms with Crippen molar-refractivity contribution < 1.29 is 9.53 Å². The quantitative estimate of drug-likeness (QED) is 0.806. The Morgan fingerprint density at radius 3 is 2.30 bits per heavy atom. The van der Waals surface area contributed by atoms with Crippen LogP contribution in [-0.4, -0.2) is 19.1 Å². The van der Waals surface area contributed by atoms with Crippen LogP contribution in [0.3, 0.4) is 0 Å². The molecule has 0 saturated heterocycles. The number of hydrogen-bond donors (Lipinski definition) is 1. The highest BCUT2D eigenvalue weighted by molar-refractivity contribution is 5.76. The molecule has 0 aliphatic carbocycles. The molecule has 2 aromatic carbocycles. The van der Waals surface area contributed by atoms with E-state index in [1.807, 2.05) is 42.5 Å². The van der Waals surface area contributed by atoms with Crippen molar-refractivity contribution in [2.24, 2.45) is 0 Å². The van der Waals surface area contributed by atoms with Gasteiger partial charge in [-0.3, -0.25) is 4.79 Å². The molecule has 0 spiro atoms. The first kappa shape index (κ1) is 17.1. The van der Waals surface area contributed by atoms with Gasteiger partial charge in [0.15, 0.2) is 0 Å². The van der Waals surface area contributed by atoms with Crippen molar-refractivity contribution >= 4 is 5.91 Å². The van der Waals surface area contributed by atoms with Gasteiger partial charge in [-0.25, -0.2) is 0 Å². The minimum atomic E-state index is 0.112. The van der Waals surface area contributed by atoms with Gasteiger partial charge in [0, 0.05) is 12.5 Å². The lowest BCUT2D eigenvalue weighted by molar-refractivity contribution is -0.121. The van der Waals surface area contributed by atoms with Crippen LogP contribution < -0.4 is 10.1 Å². The Labute approximate surface area is 138 Å². The predicted molar refractivity (Wildman–Crippen MR) is 93.7 cm³/mol. The van der Waals surface area contributed by atoms with E-state index in [0.717, 1.165) is 30.6 Å². The lowest BCUT2D eigenvalue weighted by Gasteiger charge is -2.14. The molecule has 0 aliphatic heterocycles. The second-order valence-corrected chi connectivity index (χ2v) is 5.84. The number of methoxy groups -OCH3 is 1. The standard InChI is InChI=1S/C20H25NO2/c1-16(8-9-17-6-4-3-5-7-17)21-20(22)15-12-18-10-13-19(23-2)14-11-18/h3-7,10-11,13-14,16H,8-9,12,15H2,1-2H3,(H,21,22). The molecule has 3 heteroatoms. The minimum absolute atomic E-state index is 0.112. The molecule has 2 aromatic rings. The highest BCUT2D eigenvalue weighted by Crippen LogP contribution is 2.12. The van der Waals surface area contributed by atoms with Crippen molar-refractivity contribution in [2.45, 2.75) is 38.6 Å². The fourth-order valence-electron chi connectivity index (χ4n) is 2.50. The van der Waals surface area contributed by atoms with Crippen LogP contribution in [0.4, 0.5) is 0 Å². The number of benzene rings is 2. The van der Waals surface area contributed by atoms with E-state index in [4.69, 9.17) is 4.74 Å². The smallest absolute Gasteiger partial charge is 0.220 e. The number of rotatable bonds is 8. The van der Waals surface area contributed by atoms with E-state index in [0.29, 0.717) is 6.42 Å². The zero-order valence-corrected chi connectivity index (χ0v) is 13.9. The van der Waals surface area contributed by atoms with Gasteiger partial charge in [0.25, 0.3) is 0 Å². The number of hydrogen-bond acceptors (Lipinski definition) is 2. The Morgan fingerprint density at radius 2 is 1.65 bits per heavy atom. The van der Waals surface area contributed by atoms with Gasteiger partial charge in [0.1, 0.15) is 5.75 Å². The number of amides is 1. The van der Waals surface area contributed by atoms with Crippen LogP contribution in [0.1, 0.15) is 30.9 Å². The van der Waals surface area contributed by atoms with Crippen molar-refractivity contribution in [3.8, 4) is 5.75 Å². The van der Waals surface area contributed by atoms with Crippen molar-refractivity contribution in [3.63, 3.8) is 0 Å². The summed E-state index contributed by atoms with van der Waals surface area (Å²) in [4.78, 5) is 12.0. The number of aryl methyl sites for hydroxylation is 2. The SMILES string of the molecule is COc1ccc(CCC(=O)NC(C)CCc2ccccc2)cc1. The van der Waals surface area contributed by atoms with Gasteiger partial charge in [0.2, 0.25) is 5.91 Å². The molecule has 3 nitrogen and oxygen atoms in total. The third-order valence-corrected chi connectivity index (χ3v) is 3.92. The maximum absolute atomic E-state index is 12.0. The first-order valence-corrected chi connectivity index (χ1v) is 8.13. The Morgan fingerprint density at radius 1 is 1.00 bits per heavy atom. The zero-order chi connectivity index (χ0) is 16.5. The maximum Gasteiger partial charge on any atom is 0.220 e. The molecule has 1 N–H and O–H groups in total. The number of ether oxygens (including phenoxy) is 1. The van der Waals surface area contributed by atoms with Gasteiger partial charge >= 0.3 is 0 Å². The molecule has 0 aromatic heterocycles. The van der Waals surface area contributed by atoms with E-state index >= 15 is 0 Å². The Bertz CT molecular complexity index is 593. The van der Waals surface area contributed by atoms with Crippen molar-refractivity contribution in [3.05, 3.63) is 65.7 Å². The minimum Gasteiger partial charge on any atom is -0.497 e. The molecule has 23 heavy (non-hydrogen) atoms. The Balaban J connectivity index is 1.69. The van der Waals surface area contributed by atoms with Crippen LogP contribution in [-0.2, 0) is 17.6 Å². The van der Waals surface area contributed by atoms with Gasteiger partial charge < -0.3 is 10.1 Å². The highest BCUT2D eigenvalue weighted by atomic mass is 16.5. The normalized spacial score (nSPS) is 11.7. The van der Waals surface area contributed by atoms with Crippen LogP contribution in [0.5, 0.6) is 5.75 Å². The molecule has 0 saturated carbocycles. The van der Waals surface area contributed by atoms with Gasteiger partial charge in [-0.2, -0.15) is 0 Å². The molecule has 0 radical (unpaired) electrons. The Kier molecular flexibility index (Phi) is 6.67. The largest absolute Gasteiger partial charge is 0.497 e. The average Bonchev–Trinajstić information content (AvgIpc) is 2.59. The average molecular weight is 311 g/mol. The van der Waals surface area contributed by atoms with E-state index in [1.165, 1.54) is 5.56 Å². The highest BCUT2D eigenvalue weighted by Gasteiger charge is 2.08. The summed E-state index contributed by atoms with van der Waals surface area (Å²) >= 11 is 0.